The Morgan fingerprint density at radius 1 is 1.17 bits per heavy atom. The van der Waals surface area contributed by atoms with Gasteiger partial charge in [-0.3, -0.25) is 0 Å². The van der Waals surface area contributed by atoms with Crippen molar-refractivity contribution in [3.8, 4) is 0 Å². The molecule has 0 radical (unpaired) electrons. The Hall–Kier alpha value is -1.03. The molecule has 130 valence electrons. The smallest absolute Gasteiger partial charge is 0.410 e. The Bertz CT molecular complexity index is 447. The lowest BCUT2D eigenvalue weighted by Crippen LogP contribution is -2.43. The number of hydrogen-bond donors (Lipinski definition) is 1. The van der Waals surface area contributed by atoms with Crippen LogP contribution >= 0.6 is 0 Å². The van der Waals surface area contributed by atoms with Crippen LogP contribution in [0.5, 0.6) is 0 Å². The summed E-state index contributed by atoms with van der Waals surface area (Å²) in [7, 11) is 0. The van der Waals surface area contributed by atoms with E-state index in [0.29, 0.717) is 5.92 Å². The Morgan fingerprint density at radius 3 is 2.48 bits per heavy atom. The summed E-state index contributed by atoms with van der Waals surface area (Å²) in [5, 5.41) is 3.70. The zero-order valence-electron chi connectivity index (χ0n) is 14.9. The fraction of sp³-hybridized carbons (Fsp3) is 0.842. The predicted molar refractivity (Wildman–Crippen MR) is 92.2 cm³/mol. The first-order valence-electron chi connectivity index (χ1n) is 9.27. The minimum absolute atomic E-state index is 0.155. The van der Waals surface area contributed by atoms with Crippen molar-refractivity contribution in [2.24, 2.45) is 23.7 Å². The van der Waals surface area contributed by atoms with Crippen LogP contribution in [0, 0.1) is 23.7 Å². The van der Waals surface area contributed by atoms with Gasteiger partial charge in [0.1, 0.15) is 5.60 Å². The number of fused-ring (bicyclic) bond motifs is 2. The van der Waals surface area contributed by atoms with Gasteiger partial charge in [-0.1, -0.05) is 12.2 Å². The predicted octanol–water partition coefficient (Wildman–Crippen LogP) is 3.44. The van der Waals surface area contributed by atoms with E-state index in [1.165, 1.54) is 12.8 Å². The second-order valence-corrected chi connectivity index (χ2v) is 8.61. The quantitative estimate of drug-likeness (QED) is 0.807. The summed E-state index contributed by atoms with van der Waals surface area (Å²) in [5.41, 5.74) is -0.398. The minimum atomic E-state index is -0.398. The van der Waals surface area contributed by atoms with Crippen LogP contribution in [0.25, 0.3) is 0 Å². The third-order valence-corrected chi connectivity index (χ3v) is 5.52. The molecule has 3 atom stereocenters. The first kappa shape index (κ1) is 16.8. The second-order valence-electron chi connectivity index (χ2n) is 8.61. The number of carbonyl (C=O) groups excluding carboxylic acids is 1. The molecule has 1 saturated carbocycles. The van der Waals surface area contributed by atoms with Gasteiger partial charge >= 0.3 is 6.09 Å². The molecule has 1 amide bonds. The van der Waals surface area contributed by atoms with Crippen molar-refractivity contribution in [1.29, 1.82) is 0 Å². The number of rotatable bonds is 4. The van der Waals surface area contributed by atoms with Gasteiger partial charge in [-0.25, -0.2) is 4.79 Å². The zero-order valence-corrected chi connectivity index (χ0v) is 14.9. The molecule has 2 fully saturated rings. The number of ether oxygens (including phenoxy) is 1. The standard InChI is InChI=1S/C19H32N2O2/c1-19(2,3)23-18(22)21-8-6-14(7-9-21)12-20-13-17-11-15-4-5-16(17)10-15/h4-5,14-17,20H,6-13H2,1-3H3. The Balaban J connectivity index is 1.32. The second kappa shape index (κ2) is 6.84. The molecule has 3 aliphatic rings. The van der Waals surface area contributed by atoms with E-state index < -0.39 is 5.60 Å². The molecule has 1 N–H and O–H groups in total. The van der Waals surface area contributed by atoms with Crippen molar-refractivity contribution in [1.82, 2.24) is 10.2 Å². The minimum Gasteiger partial charge on any atom is -0.444 e. The normalized spacial score (nSPS) is 30.9. The molecule has 3 unspecified atom stereocenters. The summed E-state index contributed by atoms with van der Waals surface area (Å²) in [6.45, 7) is 9.69. The molecule has 4 nitrogen and oxygen atoms in total. The van der Waals surface area contributed by atoms with Crippen LogP contribution in [0.4, 0.5) is 4.79 Å². The highest BCUT2D eigenvalue weighted by Gasteiger charge is 2.35. The van der Waals surface area contributed by atoms with Gasteiger partial charge in [-0.15, -0.1) is 0 Å². The fourth-order valence-electron chi connectivity index (χ4n) is 4.25. The van der Waals surface area contributed by atoms with Crippen molar-refractivity contribution in [3.05, 3.63) is 12.2 Å². The number of amides is 1. The Kier molecular flexibility index (Phi) is 5.00. The zero-order chi connectivity index (χ0) is 16.4. The maximum atomic E-state index is 12.1. The van der Waals surface area contributed by atoms with Gasteiger partial charge in [0.15, 0.2) is 0 Å². The number of nitrogens with zero attached hydrogens (tertiary/aromatic N) is 1. The fourth-order valence-corrected chi connectivity index (χ4v) is 4.25. The lowest BCUT2D eigenvalue weighted by molar-refractivity contribution is 0.0184. The third kappa shape index (κ3) is 4.50. The lowest BCUT2D eigenvalue weighted by atomic mass is 9.92. The molecule has 1 saturated heterocycles. The van der Waals surface area contributed by atoms with Crippen molar-refractivity contribution >= 4 is 6.09 Å². The van der Waals surface area contributed by atoms with E-state index in [0.717, 1.165) is 56.8 Å². The van der Waals surface area contributed by atoms with Crippen LogP contribution in [0.15, 0.2) is 12.2 Å². The van der Waals surface area contributed by atoms with E-state index in [9.17, 15) is 4.79 Å². The van der Waals surface area contributed by atoms with Gasteiger partial charge in [-0.2, -0.15) is 0 Å². The van der Waals surface area contributed by atoms with Gasteiger partial charge in [0.25, 0.3) is 0 Å². The molecular weight excluding hydrogens is 288 g/mol. The molecule has 2 bridgehead atoms. The molecule has 0 spiro atoms. The number of likely N-dealkylation sites (tertiary alicyclic amines) is 1. The van der Waals surface area contributed by atoms with Crippen LogP contribution < -0.4 is 5.32 Å². The van der Waals surface area contributed by atoms with Crippen LogP contribution in [0.2, 0.25) is 0 Å². The van der Waals surface area contributed by atoms with Gasteiger partial charge < -0.3 is 15.0 Å². The maximum absolute atomic E-state index is 12.1. The number of hydrogen-bond acceptors (Lipinski definition) is 3. The Morgan fingerprint density at radius 2 is 1.91 bits per heavy atom. The monoisotopic (exact) mass is 320 g/mol. The van der Waals surface area contributed by atoms with Crippen molar-refractivity contribution in [2.45, 2.75) is 52.1 Å². The number of carbonyl (C=O) groups is 1. The van der Waals surface area contributed by atoms with Crippen LogP contribution in [0.3, 0.4) is 0 Å². The van der Waals surface area contributed by atoms with Crippen LogP contribution in [0.1, 0.15) is 46.5 Å². The van der Waals surface area contributed by atoms with Gasteiger partial charge in [0, 0.05) is 13.1 Å². The molecular formula is C19H32N2O2. The van der Waals surface area contributed by atoms with Gasteiger partial charge in [0.2, 0.25) is 0 Å². The van der Waals surface area contributed by atoms with Crippen molar-refractivity contribution in [2.75, 3.05) is 26.2 Å². The molecule has 23 heavy (non-hydrogen) atoms. The van der Waals surface area contributed by atoms with Gasteiger partial charge in [0.05, 0.1) is 0 Å². The molecule has 0 aromatic heterocycles. The van der Waals surface area contributed by atoms with E-state index in [4.69, 9.17) is 4.74 Å². The number of nitrogens with one attached hydrogen (secondary N) is 1. The molecule has 1 aliphatic heterocycles. The van der Waals surface area contributed by atoms with Crippen LogP contribution in [-0.4, -0.2) is 42.8 Å². The van der Waals surface area contributed by atoms with E-state index >= 15 is 0 Å². The molecule has 1 heterocycles. The first-order chi connectivity index (χ1) is 10.9. The largest absolute Gasteiger partial charge is 0.444 e. The van der Waals surface area contributed by atoms with Crippen LogP contribution in [-0.2, 0) is 4.74 Å². The SMILES string of the molecule is CC(C)(C)OC(=O)N1CCC(CNCC2CC3C=CC2C3)CC1. The van der Waals surface area contributed by atoms with E-state index in [2.05, 4.69) is 17.5 Å². The highest BCUT2D eigenvalue weighted by molar-refractivity contribution is 5.68. The van der Waals surface area contributed by atoms with Crippen molar-refractivity contribution in [3.63, 3.8) is 0 Å². The van der Waals surface area contributed by atoms with Crippen molar-refractivity contribution < 1.29 is 9.53 Å². The molecule has 4 heteroatoms. The summed E-state index contributed by atoms with van der Waals surface area (Å²) >= 11 is 0. The lowest BCUT2D eigenvalue weighted by Gasteiger charge is -2.33. The highest BCUT2D eigenvalue weighted by Crippen LogP contribution is 2.42. The highest BCUT2D eigenvalue weighted by atomic mass is 16.6. The van der Waals surface area contributed by atoms with Gasteiger partial charge in [-0.05, 0) is 83.2 Å². The third-order valence-electron chi connectivity index (χ3n) is 5.52. The number of allylic oxidation sites excluding steroid dienone is 2. The average Bonchev–Trinajstić information content (AvgIpc) is 3.09. The summed E-state index contributed by atoms with van der Waals surface area (Å²) in [4.78, 5) is 13.9. The molecule has 0 aromatic carbocycles. The summed E-state index contributed by atoms with van der Waals surface area (Å²) in [6.07, 6.45) is 9.63. The Labute approximate surface area is 140 Å². The topological polar surface area (TPSA) is 41.6 Å². The first-order valence-corrected chi connectivity index (χ1v) is 9.27. The van der Waals surface area contributed by atoms with E-state index in [1.807, 2.05) is 25.7 Å². The summed E-state index contributed by atoms with van der Waals surface area (Å²) < 4.78 is 5.45. The number of piperidine rings is 1. The summed E-state index contributed by atoms with van der Waals surface area (Å²) in [5.74, 6) is 3.25. The van der Waals surface area contributed by atoms with E-state index in [1.54, 1.807) is 0 Å². The van der Waals surface area contributed by atoms with E-state index in [-0.39, 0.29) is 6.09 Å². The summed E-state index contributed by atoms with van der Waals surface area (Å²) in [6, 6.07) is 0. The molecule has 3 rings (SSSR count). The maximum Gasteiger partial charge on any atom is 0.410 e. The molecule has 0 aromatic rings. The molecule has 2 aliphatic carbocycles. The average molecular weight is 320 g/mol.